The molecule has 0 spiro atoms. The van der Waals surface area contributed by atoms with Crippen molar-refractivity contribution < 1.29 is 9.90 Å². The third kappa shape index (κ3) is 4.11. The van der Waals surface area contributed by atoms with Crippen molar-refractivity contribution in [3.8, 4) is 11.4 Å². The van der Waals surface area contributed by atoms with E-state index < -0.39 is 12.0 Å². The van der Waals surface area contributed by atoms with Crippen molar-refractivity contribution >= 4 is 5.97 Å². The van der Waals surface area contributed by atoms with Crippen molar-refractivity contribution in [2.24, 2.45) is 5.92 Å². The highest BCUT2D eigenvalue weighted by atomic mass is 16.4. The smallest absolute Gasteiger partial charge is 0.320 e. The average Bonchev–Trinajstić information content (AvgIpc) is 2.56. The van der Waals surface area contributed by atoms with Crippen LogP contribution in [0.15, 0.2) is 42.7 Å². The van der Waals surface area contributed by atoms with E-state index in [9.17, 15) is 9.90 Å². The predicted octanol–water partition coefficient (Wildman–Crippen LogP) is 2.73. The summed E-state index contributed by atoms with van der Waals surface area (Å²) in [6.07, 6.45) is 4.28. The maximum Gasteiger partial charge on any atom is 0.320 e. The molecular weight excluding hydrogens is 278 g/mol. The summed E-state index contributed by atoms with van der Waals surface area (Å²) in [4.78, 5) is 19.9. The molecule has 2 aromatic rings. The van der Waals surface area contributed by atoms with Gasteiger partial charge in [-0.2, -0.15) is 0 Å². The third-order valence-corrected chi connectivity index (χ3v) is 3.74. The zero-order valence-corrected chi connectivity index (χ0v) is 12.9. The summed E-state index contributed by atoms with van der Waals surface area (Å²) in [7, 11) is 0. The molecule has 0 saturated carbocycles. The van der Waals surface area contributed by atoms with Gasteiger partial charge in [-0.05, 0) is 5.92 Å². The average molecular weight is 299 g/mol. The zero-order valence-electron chi connectivity index (χ0n) is 12.9. The minimum absolute atomic E-state index is 0.0713. The van der Waals surface area contributed by atoms with Crippen LogP contribution in [0.3, 0.4) is 0 Å². The van der Waals surface area contributed by atoms with Crippen LogP contribution in [0.2, 0.25) is 0 Å². The molecule has 22 heavy (non-hydrogen) atoms. The van der Waals surface area contributed by atoms with Crippen LogP contribution in [0, 0.1) is 5.92 Å². The number of hydrogen-bond donors (Lipinski definition) is 2. The van der Waals surface area contributed by atoms with Crippen LogP contribution in [0.1, 0.15) is 25.8 Å². The molecule has 0 radical (unpaired) electrons. The Balaban J connectivity index is 2.01. The van der Waals surface area contributed by atoms with Crippen molar-refractivity contribution in [1.82, 2.24) is 15.3 Å². The van der Waals surface area contributed by atoms with Gasteiger partial charge >= 0.3 is 5.97 Å². The van der Waals surface area contributed by atoms with E-state index in [2.05, 4.69) is 15.3 Å². The molecule has 1 aromatic carbocycles. The minimum atomic E-state index is -0.823. The molecule has 0 fully saturated rings. The molecule has 5 heteroatoms. The molecular formula is C17H21N3O2. The van der Waals surface area contributed by atoms with E-state index in [0.29, 0.717) is 12.4 Å². The number of aromatic nitrogens is 2. The van der Waals surface area contributed by atoms with Gasteiger partial charge in [0.05, 0.1) is 0 Å². The van der Waals surface area contributed by atoms with Crippen molar-refractivity contribution in [1.29, 1.82) is 0 Å². The van der Waals surface area contributed by atoms with Crippen LogP contribution >= 0.6 is 0 Å². The normalized spacial score (nSPS) is 13.5. The van der Waals surface area contributed by atoms with Gasteiger partial charge in [-0.1, -0.05) is 50.6 Å². The predicted molar refractivity (Wildman–Crippen MR) is 85.2 cm³/mol. The van der Waals surface area contributed by atoms with Gasteiger partial charge in [-0.15, -0.1) is 0 Å². The van der Waals surface area contributed by atoms with Gasteiger partial charge in [-0.3, -0.25) is 10.1 Å². The Morgan fingerprint density at radius 1 is 1.23 bits per heavy atom. The highest BCUT2D eigenvalue weighted by molar-refractivity contribution is 5.73. The van der Waals surface area contributed by atoms with E-state index in [1.165, 1.54) is 0 Å². The van der Waals surface area contributed by atoms with Crippen molar-refractivity contribution in [2.45, 2.75) is 32.9 Å². The van der Waals surface area contributed by atoms with Gasteiger partial charge in [0.2, 0.25) is 0 Å². The molecule has 0 saturated heterocycles. The molecule has 2 atom stereocenters. The maximum absolute atomic E-state index is 11.3. The lowest BCUT2D eigenvalue weighted by Gasteiger charge is -2.20. The summed E-state index contributed by atoms with van der Waals surface area (Å²) in [5.41, 5.74) is 1.83. The van der Waals surface area contributed by atoms with Crippen LogP contribution in [-0.4, -0.2) is 27.1 Å². The molecule has 0 aliphatic carbocycles. The van der Waals surface area contributed by atoms with Gasteiger partial charge in [-0.25, -0.2) is 9.97 Å². The summed E-state index contributed by atoms with van der Waals surface area (Å²) in [5.74, 6) is -0.0840. The zero-order chi connectivity index (χ0) is 15.9. The Bertz CT molecular complexity index is 599. The lowest BCUT2D eigenvalue weighted by molar-refractivity contribution is -0.140. The summed E-state index contributed by atoms with van der Waals surface area (Å²) >= 11 is 0. The molecule has 116 valence electrons. The summed E-state index contributed by atoms with van der Waals surface area (Å²) in [6, 6.07) is 9.18. The number of nitrogens with one attached hydrogen (secondary N) is 1. The highest BCUT2D eigenvalue weighted by Gasteiger charge is 2.22. The summed E-state index contributed by atoms with van der Waals surface area (Å²) < 4.78 is 0. The molecule has 1 heterocycles. The standard InChI is InChI=1S/C17H21N3O2/c1-3-12(2)15(17(21)22)18-9-13-10-19-16(20-11-13)14-7-5-4-6-8-14/h4-8,10-12,15,18H,3,9H2,1-2H3,(H,21,22)/t12-,15+/m1/s1. The second-order valence-corrected chi connectivity index (χ2v) is 5.36. The Morgan fingerprint density at radius 2 is 1.86 bits per heavy atom. The van der Waals surface area contributed by atoms with E-state index in [1.54, 1.807) is 12.4 Å². The van der Waals surface area contributed by atoms with Crippen LogP contribution in [-0.2, 0) is 11.3 Å². The first-order valence-corrected chi connectivity index (χ1v) is 7.44. The fraction of sp³-hybridized carbons (Fsp3) is 0.353. The molecule has 0 amide bonds. The SMILES string of the molecule is CC[C@@H](C)[C@H](NCc1cnc(-c2ccccc2)nc1)C(=O)O. The molecule has 2 N–H and O–H groups in total. The van der Waals surface area contributed by atoms with E-state index in [-0.39, 0.29) is 5.92 Å². The van der Waals surface area contributed by atoms with E-state index in [1.807, 2.05) is 44.2 Å². The molecule has 0 aliphatic rings. The number of benzene rings is 1. The summed E-state index contributed by atoms with van der Waals surface area (Å²) in [5, 5.41) is 12.3. The molecule has 1 aromatic heterocycles. The lowest BCUT2D eigenvalue weighted by Crippen LogP contribution is -2.41. The topological polar surface area (TPSA) is 75.1 Å². The lowest BCUT2D eigenvalue weighted by atomic mass is 9.99. The van der Waals surface area contributed by atoms with Crippen LogP contribution in [0.4, 0.5) is 0 Å². The number of aliphatic carboxylic acids is 1. The molecule has 5 nitrogen and oxygen atoms in total. The minimum Gasteiger partial charge on any atom is -0.480 e. The fourth-order valence-electron chi connectivity index (χ4n) is 2.18. The number of carboxylic acid groups (broad SMARTS) is 1. The third-order valence-electron chi connectivity index (χ3n) is 3.74. The molecule has 2 rings (SSSR count). The van der Waals surface area contributed by atoms with Crippen molar-refractivity contribution in [3.05, 3.63) is 48.3 Å². The van der Waals surface area contributed by atoms with Gasteiger partial charge in [0.25, 0.3) is 0 Å². The number of nitrogens with zero attached hydrogens (tertiary/aromatic N) is 2. The van der Waals surface area contributed by atoms with Gasteiger partial charge < -0.3 is 5.11 Å². The van der Waals surface area contributed by atoms with Gasteiger partial charge in [0, 0.05) is 30.1 Å². The van der Waals surface area contributed by atoms with Crippen LogP contribution < -0.4 is 5.32 Å². The second kappa shape index (κ2) is 7.66. The summed E-state index contributed by atoms with van der Waals surface area (Å²) in [6.45, 7) is 4.36. The van der Waals surface area contributed by atoms with E-state index in [0.717, 1.165) is 17.5 Å². The van der Waals surface area contributed by atoms with E-state index in [4.69, 9.17) is 0 Å². The molecule has 0 aliphatic heterocycles. The van der Waals surface area contributed by atoms with Crippen LogP contribution in [0.5, 0.6) is 0 Å². The Kier molecular flexibility index (Phi) is 5.61. The van der Waals surface area contributed by atoms with Gasteiger partial charge in [0.1, 0.15) is 6.04 Å². The number of carbonyl (C=O) groups is 1. The maximum atomic E-state index is 11.3. The number of carboxylic acids is 1. The Morgan fingerprint density at radius 3 is 2.41 bits per heavy atom. The number of hydrogen-bond acceptors (Lipinski definition) is 4. The van der Waals surface area contributed by atoms with Crippen molar-refractivity contribution in [3.63, 3.8) is 0 Å². The fourth-order valence-corrected chi connectivity index (χ4v) is 2.18. The van der Waals surface area contributed by atoms with Crippen molar-refractivity contribution in [2.75, 3.05) is 0 Å². The molecule has 0 bridgehead atoms. The second-order valence-electron chi connectivity index (χ2n) is 5.36. The first-order chi connectivity index (χ1) is 10.6. The highest BCUT2D eigenvalue weighted by Crippen LogP contribution is 2.13. The van der Waals surface area contributed by atoms with Crippen LogP contribution in [0.25, 0.3) is 11.4 Å². The largest absolute Gasteiger partial charge is 0.480 e. The number of rotatable bonds is 7. The Hall–Kier alpha value is -2.27. The Labute approximate surface area is 130 Å². The monoisotopic (exact) mass is 299 g/mol. The first kappa shape index (κ1) is 16.1. The van der Waals surface area contributed by atoms with Gasteiger partial charge in [0.15, 0.2) is 5.82 Å². The van der Waals surface area contributed by atoms with E-state index >= 15 is 0 Å². The first-order valence-electron chi connectivity index (χ1n) is 7.44. The quantitative estimate of drug-likeness (QED) is 0.822. The molecule has 0 unspecified atom stereocenters.